The van der Waals surface area contributed by atoms with Crippen molar-refractivity contribution in [2.45, 2.75) is 44.6 Å². The molecule has 4 nitrogen and oxygen atoms in total. The number of hydrogen-bond donors (Lipinski definition) is 2. The van der Waals surface area contributed by atoms with E-state index in [1.165, 1.54) is 5.56 Å². The Labute approximate surface area is 119 Å². The summed E-state index contributed by atoms with van der Waals surface area (Å²) < 4.78 is 5.69. The minimum atomic E-state index is -1.06. The van der Waals surface area contributed by atoms with E-state index < -0.39 is 11.5 Å². The molecule has 0 aromatic heterocycles. The first kappa shape index (κ1) is 14.9. The third-order valence-electron chi connectivity index (χ3n) is 4.34. The summed E-state index contributed by atoms with van der Waals surface area (Å²) >= 11 is 0. The Bertz CT molecular complexity index is 457. The number of hydrogen-bond acceptors (Lipinski definition) is 3. The molecular weight excluding hydrogens is 254 g/mol. The van der Waals surface area contributed by atoms with Gasteiger partial charge in [0, 0.05) is 0 Å². The van der Waals surface area contributed by atoms with Gasteiger partial charge < -0.3 is 15.6 Å². The van der Waals surface area contributed by atoms with Gasteiger partial charge in [-0.3, -0.25) is 4.79 Å². The first-order valence-electron chi connectivity index (χ1n) is 7.30. The van der Waals surface area contributed by atoms with Crippen LogP contribution < -0.4 is 10.5 Å². The number of ether oxygens (including phenoxy) is 1. The third kappa shape index (κ3) is 3.12. The van der Waals surface area contributed by atoms with Gasteiger partial charge >= 0.3 is 5.97 Å². The van der Waals surface area contributed by atoms with E-state index in [9.17, 15) is 9.90 Å². The molecule has 0 bridgehead atoms. The van der Waals surface area contributed by atoms with Crippen molar-refractivity contribution in [1.29, 1.82) is 0 Å². The molecule has 110 valence electrons. The summed E-state index contributed by atoms with van der Waals surface area (Å²) in [6.07, 6.45) is 4.03. The zero-order valence-electron chi connectivity index (χ0n) is 12.0. The highest BCUT2D eigenvalue weighted by atomic mass is 16.5. The van der Waals surface area contributed by atoms with Gasteiger partial charge in [0.2, 0.25) is 0 Å². The summed E-state index contributed by atoms with van der Waals surface area (Å²) in [5.41, 5.74) is 6.23. The van der Waals surface area contributed by atoms with E-state index in [4.69, 9.17) is 10.5 Å². The predicted octanol–water partition coefficient (Wildman–Crippen LogP) is 2.60. The van der Waals surface area contributed by atoms with Gasteiger partial charge in [-0.2, -0.15) is 0 Å². The summed E-state index contributed by atoms with van der Waals surface area (Å²) in [7, 11) is 0. The number of aryl methyl sites for hydroxylation is 1. The molecule has 0 heterocycles. The Balaban J connectivity index is 1.84. The Morgan fingerprint density at radius 3 is 2.75 bits per heavy atom. The van der Waals surface area contributed by atoms with Crippen LogP contribution in [0.5, 0.6) is 5.75 Å². The molecule has 4 heteroatoms. The number of aliphatic carboxylic acids is 1. The largest absolute Gasteiger partial charge is 0.494 e. The van der Waals surface area contributed by atoms with Gasteiger partial charge in [-0.25, -0.2) is 0 Å². The molecule has 2 atom stereocenters. The Hall–Kier alpha value is -1.55. The summed E-state index contributed by atoms with van der Waals surface area (Å²) in [5, 5.41) is 9.25. The van der Waals surface area contributed by atoms with E-state index in [0.29, 0.717) is 19.4 Å². The zero-order valence-corrected chi connectivity index (χ0v) is 12.0. The highest BCUT2D eigenvalue weighted by Crippen LogP contribution is 2.36. The predicted molar refractivity (Wildman–Crippen MR) is 77.8 cm³/mol. The number of nitrogens with two attached hydrogens (primary N) is 1. The Kier molecular flexibility index (Phi) is 4.65. The molecule has 0 saturated heterocycles. The monoisotopic (exact) mass is 277 g/mol. The van der Waals surface area contributed by atoms with E-state index in [1.807, 2.05) is 12.1 Å². The fourth-order valence-electron chi connectivity index (χ4n) is 2.93. The van der Waals surface area contributed by atoms with Crippen LogP contribution in [0.25, 0.3) is 0 Å². The van der Waals surface area contributed by atoms with Crippen LogP contribution in [0.4, 0.5) is 0 Å². The lowest BCUT2D eigenvalue weighted by Gasteiger charge is -2.26. The molecule has 3 N–H and O–H groups in total. The SMILES string of the molecule is CCc1ccc(OCCC2CCCC2(N)C(=O)O)cc1. The zero-order chi connectivity index (χ0) is 14.6. The van der Waals surface area contributed by atoms with Gasteiger partial charge in [0.15, 0.2) is 0 Å². The van der Waals surface area contributed by atoms with Crippen LogP contribution in [0.2, 0.25) is 0 Å². The standard InChI is InChI=1S/C16H23NO3/c1-2-12-5-7-14(8-6-12)20-11-9-13-4-3-10-16(13,17)15(18)19/h5-8,13H,2-4,9-11,17H2,1H3,(H,18,19). The highest BCUT2D eigenvalue weighted by molar-refractivity contribution is 5.79. The lowest BCUT2D eigenvalue weighted by atomic mass is 9.86. The maximum absolute atomic E-state index is 11.3. The average Bonchev–Trinajstić information content (AvgIpc) is 2.82. The maximum atomic E-state index is 11.3. The summed E-state index contributed by atoms with van der Waals surface area (Å²) in [6.45, 7) is 2.63. The van der Waals surface area contributed by atoms with E-state index in [2.05, 4.69) is 19.1 Å². The lowest BCUT2D eigenvalue weighted by Crippen LogP contribution is -2.51. The van der Waals surface area contributed by atoms with Crippen molar-refractivity contribution in [1.82, 2.24) is 0 Å². The van der Waals surface area contributed by atoms with Gasteiger partial charge in [0.25, 0.3) is 0 Å². The van der Waals surface area contributed by atoms with Crippen LogP contribution >= 0.6 is 0 Å². The van der Waals surface area contributed by atoms with Gasteiger partial charge in [0.05, 0.1) is 6.61 Å². The fraction of sp³-hybridized carbons (Fsp3) is 0.562. The van der Waals surface area contributed by atoms with Crippen molar-refractivity contribution in [2.75, 3.05) is 6.61 Å². The molecule has 0 amide bonds. The van der Waals surface area contributed by atoms with Crippen molar-refractivity contribution in [3.8, 4) is 5.75 Å². The summed E-state index contributed by atoms with van der Waals surface area (Å²) in [6, 6.07) is 8.02. The summed E-state index contributed by atoms with van der Waals surface area (Å²) in [5.74, 6) is -0.0413. The smallest absolute Gasteiger partial charge is 0.323 e. The van der Waals surface area contributed by atoms with E-state index in [-0.39, 0.29) is 5.92 Å². The topological polar surface area (TPSA) is 72.5 Å². The van der Waals surface area contributed by atoms with Gasteiger partial charge in [-0.15, -0.1) is 0 Å². The first-order chi connectivity index (χ1) is 9.56. The first-order valence-corrected chi connectivity index (χ1v) is 7.30. The molecule has 2 rings (SSSR count). The molecular formula is C16H23NO3. The van der Waals surface area contributed by atoms with Crippen LogP contribution in [0, 0.1) is 5.92 Å². The molecule has 1 aromatic carbocycles. The molecule has 0 spiro atoms. The van der Waals surface area contributed by atoms with Gasteiger partial charge in [-0.05, 0) is 49.3 Å². The van der Waals surface area contributed by atoms with E-state index >= 15 is 0 Å². The van der Waals surface area contributed by atoms with E-state index in [1.54, 1.807) is 0 Å². The molecule has 1 aliphatic carbocycles. The molecule has 1 aliphatic rings. The molecule has 2 unspecified atom stereocenters. The van der Waals surface area contributed by atoms with Gasteiger partial charge in [-0.1, -0.05) is 25.5 Å². The van der Waals surface area contributed by atoms with Crippen molar-refractivity contribution in [2.24, 2.45) is 11.7 Å². The van der Waals surface area contributed by atoms with Crippen molar-refractivity contribution in [3.05, 3.63) is 29.8 Å². The molecule has 1 aromatic rings. The molecule has 1 fully saturated rings. The summed E-state index contributed by atoms with van der Waals surface area (Å²) in [4.78, 5) is 11.3. The molecule has 20 heavy (non-hydrogen) atoms. The second kappa shape index (κ2) is 6.27. The number of carboxylic acid groups (broad SMARTS) is 1. The van der Waals surface area contributed by atoms with Crippen LogP contribution in [0.1, 0.15) is 38.2 Å². The number of carboxylic acids is 1. The molecule has 0 radical (unpaired) electrons. The molecule has 0 aliphatic heterocycles. The minimum Gasteiger partial charge on any atom is -0.494 e. The number of carbonyl (C=O) groups is 1. The minimum absolute atomic E-state index is 0.00918. The van der Waals surface area contributed by atoms with Gasteiger partial charge in [0.1, 0.15) is 11.3 Å². The normalized spacial score (nSPS) is 25.6. The number of benzene rings is 1. The van der Waals surface area contributed by atoms with Crippen LogP contribution in [0.15, 0.2) is 24.3 Å². The van der Waals surface area contributed by atoms with Crippen LogP contribution in [0.3, 0.4) is 0 Å². The van der Waals surface area contributed by atoms with Crippen LogP contribution in [-0.2, 0) is 11.2 Å². The Morgan fingerprint density at radius 2 is 2.15 bits per heavy atom. The second-order valence-corrected chi connectivity index (χ2v) is 5.57. The average molecular weight is 277 g/mol. The molecule has 1 saturated carbocycles. The van der Waals surface area contributed by atoms with E-state index in [0.717, 1.165) is 25.0 Å². The third-order valence-corrected chi connectivity index (χ3v) is 4.34. The lowest BCUT2D eigenvalue weighted by molar-refractivity contribution is -0.144. The second-order valence-electron chi connectivity index (χ2n) is 5.57. The van der Waals surface area contributed by atoms with Crippen molar-refractivity contribution in [3.63, 3.8) is 0 Å². The quantitative estimate of drug-likeness (QED) is 0.838. The van der Waals surface area contributed by atoms with Crippen molar-refractivity contribution >= 4 is 5.97 Å². The Morgan fingerprint density at radius 1 is 1.45 bits per heavy atom. The van der Waals surface area contributed by atoms with Crippen LogP contribution in [-0.4, -0.2) is 23.2 Å². The van der Waals surface area contributed by atoms with Crippen molar-refractivity contribution < 1.29 is 14.6 Å². The maximum Gasteiger partial charge on any atom is 0.323 e. The highest BCUT2D eigenvalue weighted by Gasteiger charge is 2.45. The fourth-order valence-corrected chi connectivity index (χ4v) is 2.93. The number of rotatable bonds is 6.